The second-order valence-electron chi connectivity index (χ2n) is 3.75. The molecule has 1 rings (SSSR count). The second-order valence-corrected chi connectivity index (χ2v) is 3.75. The molecule has 2 amide bonds. The molecule has 0 bridgehead atoms. The summed E-state index contributed by atoms with van der Waals surface area (Å²) in [7, 11) is 0. The van der Waals surface area contributed by atoms with Gasteiger partial charge in [0.1, 0.15) is 6.10 Å². The second kappa shape index (κ2) is 4.97. The van der Waals surface area contributed by atoms with Gasteiger partial charge in [-0.05, 0) is 19.8 Å². The van der Waals surface area contributed by atoms with E-state index in [2.05, 4.69) is 5.32 Å². The predicted molar refractivity (Wildman–Crippen MR) is 52.4 cm³/mol. The minimum Gasteiger partial charge on any atom is -0.465 e. The van der Waals surface area contributed by atoms with E-state index in [1.165, 1.54) is 11.8 Å². The van der Waals surface area contributed by atoms with E-state index in [0.29, 0.717) is 13.1 Å². The molecule has 0 aromatic carbocycles. The van der Waals surface area contributed by atoms with Crippen molar-refractivity contribution in [2.45, 2.75) is 31.9 Å². The van der Waals surface area contributed by atoms with Gasteiger partial charge in [0.15, 0.2) is 0 Å². The van der Waals surface area contributed by atoms with Gasteiger partial charge in [-0.1, -0.05) is 0 Å². The Balaban J connectivity index is 2.48. The lowest BCUT2D eigenvalue weighted by Crippen LogP contribution is -2.51. The number of nitrogens with one attached hydrogen (secondary N) is 1. The Morgan fingerprint density at radius 3 is 2.73 bits per heavy atom. The van der Waals surface area contributed by atoms with Crippen LogP contribution >= 0.6 is 0 Å². The molecule has 0 aromatic rings. The van der Waals surface area contributed by atoms with Gasteiger partial charge in [0, 0.05) is 19.1 Å². The van der Waals surface area contributed by atoms with Crippen LogP contribution in [0.2, 0.25) is 0 Å². The van der Waals surface area contributed by atoms with Crippen molar-refractivity contribution in [2.24, 2.45) is 0 Å². The normalized spacial score (nSPS) is 23.3. The highest BCUT2D eigenvalue weighted by Gasteiger charge is 2.26. The average Bonchev–Trinajstić information content (AvgIpc) is 2.16. The zero-order chi connectivity index (χ0) is 11.4. The van der Waals surface area contributed by atoms with Crippen LogP contribution in [0.5, 0.6) is 0 Å². The number of piperidine rings is 1. The summed E-state index contributed by atoms with van der Waals surface area (Å²) in [6, 6.07) is -0.223. The average molecular weight is 216 g/mol. The lowest BCUT2D eigenvalue weighted by atomic mass is 10.1. The van der Waals surface area contributed by atoms with Gasteiger partial charge in [0.2, 0.25) is 0 Å². The van der Waals surface area contributed by atoms with E-state index in [1.807, 2.05) is 0 Å². The van der Waals surface area contributed by atoms with Crippen molar-refractivity contribution in [3.05, 3.63) is 0 Å². The molecule has 1 aliphatic rings. The molecule has 1 saturated heterocycles. The highest BCUT2D eigenvalue weighted by atomic mass is 16.4. The predicted octanol–water partition coefficient (Wildman–Crippen LogP) is -0.374. The summed E-state index contributed by atoms with van der Waals surface area (Å²) in [5, 5.41) is 20.0. The SMILES string of the molecule is C[C@H](O)C(=O)N1CCC[C@@H](NC(=O)O)C1. The molecule has 86 valence electrons. The van der Waals surface area contributed by atoms with Crippen molar-refractivity contribution in [1.29, 1.82) is 0 Å². The number of carbonyl (C=O) groups is 2. The van der Waals surface area contributed by atoms with Crippen LogP contribution in [-0.2, 0) is 4.79 Å². The molecule has 3 N–H and O–H groups in total. The van der Waals surface area contributed by atoms with Crippen LogP contribution in [0.3, 0.4) is 0 Å². The zero-order valence-corrected chi connectivity index (χ0v) is 8.64. The summed E-state index contributed by atoms with van der Waals surface area (Å²) in [6.07, 6.45) is -0.612. The van der Waals surface area contributed by atoms with Gasteiger partial charge >= 0.3 is 6.09 Å². The highest BCUT2D eigenvalue weighted by molar-refractivity contribution is 5.80. The molecule has 0 spiro atoms. The van der Waals surface area contributed by atoms with Gasteiger partial charge in [-0.3, -0.25) is 4.79 Å². The van der Waals surface area contributed by atoms with Crippen LogP contribution in [0.1, 0.15) is 19.8 Å². The number of nitrogens with zero attached hydrogens (tertiary/aromatic N) is 1. The smallest absolute Gasteiger partial charge is 0.404 e. The van der Waals surface area contributed by atoms with E-state index >= 15 is 0 Å². The van der Waals surface area contributed by atoms with Crippen molar-refractivity contribution >= 4 is 12.0 Å². The maximum Gasteiger partial charge on any atom is 0.404 e. The van der Waals surface area contributed by atoms with E-state index < -0.39 is 12.2 Å². The Kier molecular flexibility index (Phi) is 3.90. The Labute approximate surface area is 87.9 Å². The van der Waals surface area contributed by atoms with Crippen molar-refractivity contribution < 1.29 is 19.8 Å². The number of aliphatic hydroxyl groups excluding tert-OH is 1. The fraction of sp³-hybridized carbons (Fsp3) is 0.778. The molecular formula is C9H16N2O4. The number of carbonyl (C=O) groups excluding carboxylic acids is 1. The van der Waals surface area contributed by atoms with E-state index in [9.17, 15) is 9.59 Å². The van der Waals surface area contributed by atoms with E-state index in [4.69, 9.17) is 10.2 Å². The molecule has 0 unspecified atom stereocenters. The zero-order valence-electron chi connectivity index (χ0n) is 8.64. The largest absolute Gasteiger partial charge is 0.465 e. The molecule has 15 heavy (non-hydrogen) atoms. The maximum atomic E-state index is 11.4. The molecule has 0 aliphatic carbocycles. The summed E-state index contributed by atoms with van der Waals surface area (Å²) >= 11 is 0. The number of aliphatic hydroxyl groups is 1. The Bertz CT molecular complexity index is 254. The maximum absolute atomic E-state index is 11.4. The first kappa shape index (κ1) is 11.8. The monoisotopic (exact) mass is 216 g/mol. The highest BCUT2D eigenvalue weighted by Crippen LogP contribution is 2.11. The van der Waals surface area contributed by atoms with Crippen molar-refractivity contribution in [1.82, 2.24) is 10.2 Å². The quantitative estimate of drug-likeness (QED) is 0.587. The number of rotatable bonds is 2. The minimum atomic E-state index is -1.08. The lowest BCUT2D eigenvalue weighted by Gasteiger charge is -2.33. The van der Waals surface area contributed by atoms with Gasteiger partial charge < -0.3 is 20.4 Å². The van der Waals surface area contributed by atoms with Gasteiger partial charge in [0.05, 0.1) is 0 Å². The molecule has 2 atom stereocenters. The molecule has 0 radical (unpaired) electrons. The van der Waals surface area contributed by atoms with Crippen molar-refractivity contribution in [3.8, 4) is 0 Å². The minimum absolute atomic E-state index is 0.223. The summed E-state index contributed by atoms with van der Waals surface area (Å²) in [5.74, 6) is -0.341. The van der Waals surface area contributed by atoms with E-state index in [1.54, 1.807) is 0 Å². The number of carboxylic acid groups (broad SMARTS) is 1. The van der Waals surface area contributed by atoms with Gasteiger partial charge in [0.25, 0.3) is 5.91 Å². The molecule has 1 aliphatic heterocycles. The van der Waals surface area contributed by atoms with E-state index in [-0.39, 0.29) is 11.9 Å². The standard InChI is InChI=1S/C9H16N2O4/c1-6(12)8(13)11-4-2-3-7(5-11)10-9(14)15/h6-7,10,12H,2-5H2,1H3,(H,14,15)/t6-,7+/m0/s1. The van der Waals surface area contributed by atoms with Gasteiger partial charge in [-0.25, -0.2) is 4.79 Å². The molecule has 0 saturated carbocycles. The molecule has 1 fully saturated rings. The lowest BCUT2D eigenvalue weighted by molar-refractivity contribution is -0.140. The van der Waals surface area contributed by atoms with Crippen LogP contribution in [0.4, 0.5) is 4.79 Å². The van der Waals surface area contributed by atoms with Crippen LogP contribution < -0.4 is 5.32 Å². The van der Waals surface area contributed by atoms with Crippen LogP contribution in [0, 0.1) is 0 Å². The Morgan fingerprint density at radius 1 is 1.53 bits per heavy atom. The molecule has 0 aromatic heterocycles. The third-order valence-corrected chi connectivity index (χ3v) is 2.42. The molecule has 6 heteroatoms. The summed E-state index contributed by atoms with van der Waals surface area (Å²) in [6.45, 7) is 2.34. The van der Waals surface area contributed by atoms with Crippen LogP contribution in [0.15, 0.2) is 0 Å². The number of likely N-dealkylation sites (tertiary alicyclic amines) is 1. The first-order valence-corrected chi connectivity index (χ1v) is 4.97. The summed E-state index contributed by atoms with van der Waals surface area (Å²) in [4.78, 5) is 23.3. The number of amides is 2. The topological polar surface area (TPSA) is 89.9 Å². The van der Waals surface area contributed by atoms with Gasteiger partial charge in [-0.15, -0.1) is 0 Å². The van der Waals surface area contributed by atoms with Crippen LogP contribution in [-0.4, -0.2) is 52.3 Å². The van der Waals surface area contributed by atoms with Crippen LogP contribution in [0.25, 0.3) is 0 Å². The van der Waals surface area contributed by atoms with E-state index in [0.717, 1.165) is 12.8 Å². The van der Waals surface area contributed by atoms with Crippen molar-refractivity contribution in [3.63, 3.8) is 0 Å². The molecular weight excluding hydrogens is 200 g/mol. The van der Waals surface area contributed by atoms with Crippen molar-refractivity contribution in [2.75, 3.05) is 13.1 Å². The summed E-state index contributed by atoms with van der Waals surface area (Å²) in [5.41, 5.74) is 0. The third-order valence-electron chi connectivity index (χ3n) is 2.42. The Hall–Kier alpha value is -1.30. The first-order chi connectivity index (χ1) is 7.00. The third kappa shape index (κ3) is 3.39. The van der Waals surface area contributed by atoms with Gasteiger partial charge in [-0.2, -0.15) is 0 Å². The first-order valence-electron chi connectivity index (χ1n) is 4.97. The molecule has 6 nitrogen and oxygen atoms in total. The molecule has 1 heterocycles. The number of hydrogen-bond donors (Lipinski definition) is 3. The number of hydrogen-bond acceptors (Lipinski definition) is 3. The fourth-order valence-electron chi connectivity index (χ4n) is 1.73. The summed E-state index contributed by atoms with van der Waals surface area (Å²) < 4.78 is 0. The Morgan fingerprint density at radius 2 is 2.20 bits per heavy atom. The fourth-order valence-corrected chi connectivity index (χ4v) is 1.73.